The number of methoxy groups -OCH3 is 1. The fourth-order valence-electron chi connectivity index (χ4n) is 2.70. The first-order valence-electron chi connectivity index (χ1n) is 8.43. The Morgan fingerprint density at radius 2 is 1.96 bits per heavy atom. The zero-order valence-corrected chi connectivity index (χ0v) is 17.5. The van der Waals surface area contributed by atoms with Crippen LogP contribution in [0.4, 0.5) is 4.79 Å². The van der Waals surface area contributed by atoms with Gasteiger partial charge in [-0.05, 0) is 48.5 Å². The Morgan fingerprint density at radius 3 is 2.64 bits per heavy atom. The maximum absolute atomic E-state index is 12.8. The topological polar surface area (TPSA) is 55.8 Å². The SMILES string of the molecule is CCOc1c(/C=C2/SC(=O)N(Cc3ccc(Cl)cc3Cl)C2=O)cccc1OC. The van der Waals surface area contributed by atoms with Crippen molar-refractivity contribution >= 4 is 52.2 Å². The molecule has 1 heterocycles. The molecule has 1 aliphatic rings. The van der Waals surface area contributed by atoms with Crippen molar-refractivity contribution in [2.24, 2.45) is 0 Å². The Morgan fingerprint density at radius 1 is 1.18 bits per heavy atom. The average Bonchev–Trinajstić information content (AvgIpc) is 2.92. The van der Waals surface area contributed by atoms with Gasteiger partial charge in [-0.3, -0.25) is 14.5 Å². The Kier molecular flexibility index (Phi) is 6.54. The van der Waals surface area contributed by atoms with Crippen molar-refractivity contribution < 1.29 is 19.1 Å². The normalized spacial score (nSPS) is 15.4. The second kappa shape index (κ2) is 8.90. The molecule has 3 rings (SSSR count). The minimum Gasteiger partial charge on any atom is -0.493 e. The van der Waals surface area contributed by atoms with Gasteiger partial charge in [0.1, 0.15) is 0 Å². The monoisotopic (exact) mass is 437 g/mol. The van der Waals surface area contributed by atoms with Crippen molar-refractivity contribution in [2.45, 2.75) is 13.5 Å². The molecule has 2 aromatic carbocycles. The third kappa shape index (κ3) is 4.29. The third-order valence-electron chi connectivity index (χ3n) is 4.02. The molecule has 0 radical (unpaired) electrons. The van der Waals surface area contributed by atoms with Crippen LogP contribution >= 0.6 is 35.0 Å². The molecule has 2 amide bonds. The van der Waals surface area contributed by atoms with Crippen LogP contribution in [0.25, 0.3) is 6.08 Å². The summed E-state index contributed by atoms with van der Waals surface area (Å²) in [6, 6.07) is 10.3. The standard InChI is InChI=1S/C20H17Cl2NO4S/c1-3-27-18-12(5-4-6-16(18)26-2)9-17-19(24)23(20(25)28-17)11-13-7-8-14(21)10-15(13)22/h4-10H,3,11H2,1-2H3/b17-9+. The largest absolute Gasteiger partial charge is 0.493 e. The van der Waals surface area contributed by atoms with Crippen molar-refractivity contribution in [3.8, 4) is 11.5 Å². The third-order valence-corrected chi connectivity index (χ3v) is 5.52. The predicted molar refractivity (Wildman–Crippen MR) is 112 cm³/mol. The van der Waals surface area contributed by atoms with Crippen LogP contribution in [0.1, 0.15) is 18.1 Å². The summed E-state index contributed by atoms with van der Waals surface area (Å²) in [4.78, 5) is 26.7. The summed E-state index contributed by atoms with van der Waals surface area (Å²) in [5, 5.41) is 0.536. The van der Waals surface area contributed by atoms with E-state index in [-0.39, 0.29) is 17.7 Å². The quantitative estimate of drug-likeness (QED) is 0.547. The smallest absolute Gasteiger partial charge is 0.293 e. The van der Waals surface area contributed by atoms with Crippen LogP contribution < -0.4 is 9.47 Å². The maximum atomic E-state index is 12.8. The Hall–Kier alpha value is -2.15. The van der Waals surface area contributed by atoms with Gasteiger partial charge in [0.05, 0.1) is 25.2 Å². The van der Waals surface area contributed by atoms with E-state index in [1.165, 1.54) is 0 Å². The molecule has 0 N–H and O–H groups in total. The first-order valence-corrected chi connectivity index (χ1v) is 10.0. The van der Waals surface area contributed by atoms with Gasteiger partial charge >= 0.3 is 0 Å². The van der Waals surface area contributed by atoms with Gasteiger partial charge in [-0.25, -0.2) is 0 Å². The van der Waals surface area contributed by atoms with E-state index in [0.717, 1.165) is 16.7 Å². The number of nitrogens with zero attached hydrogens (tertiary/aromatic N) is 1. The molecule has 1 aliphatic heterocycles. The van der Waals surface area contributed by atoms with Crippen LogP contribution in [-0.2, 0) is 11.3 Å². The van der Waals surface area contributed by atoms with Crippen molar-refractivity contribution in [2.75, 3.05) is 13.7 Å². The number of benzene rings is 2. The van der Waals surface area contributed by atoms with E-state index in [4.69, 9.17) is 32.7 Å². The van der Waals surface area contributed by atoms with Gasteiger partial charge < -0.3 is 9.47 Å². The molecule has 0 aromatic heterocycles. The predicted octanol–water partition coefficient (Wildman–Crippen LogP) is 5.64. The lowest BCUT2D eigenvalue weighted by atomic mass is 10.1. The minimum absolute atomic E-state index is 0.0778. The molecular weight excluding hydrogens is 421 g/mol. The minimum atomic E-state index is -0.383. The number of para-hydroxylation sites is 1. The molecule has 0 bridgehead atoms. The summed E-state index contributed by atoms with van der Waals surface area (Å²) in [6.45, 7) is 2.38. The van der Waals surface area contributed by atoms with E-state index in [2.05, 4.69) is 0 Å². The maximum Gasteiger partial charge on any atom is 0.293 e. The van der Waals surface area contributed by atoms with Gasteiger partial charge in [0, 0.05) is 15.6 Å². The van der Waals surface area contributed by atoms with Crippen LogP contribution in [0.3, 0.4) is 0 Å². The Balaban J connectivity index is 1.89. The average molecular weight is 438 g/mol. The number of carbonyl (C=O) groups is 2. The van der Waals surface area contributed by atoms with Crippen LogP contribution in [0, 0.1) is 0 Å². The van der Waals surface area contributed by atoms with Crippen LogP contribution in [-0.4, -0.2) is 29.8 Å². The number of thioether (sulfide) groups is 1. The molecule has 1 fully saturated rings. The number of rotatable bonds is 6. The Labute approximate surface area is 177 Å². The highest BCUT2D eigenvalue weighted by Crippen LogP contribution is 2.38. The van der Waals surface area contributed by atoms with Crippen LogP contribution in [0.15, 0.2) is 41.3 Å². The number of halogens is 2. The van der Waals surface area contributed by atoms with Crippen molar-refractivity contribution in [3.63, 3.8) is 0 Å². The molecule has 28 heavy (non-hydrogen) atoms. The van der Waals surface area contributed by atoms with Gasteiger partial charge in [-0.2, -0.15) is 0 Å². The van der Waals surface area contributed by atoms with E-state index >= 15 is 0 Å². The number of hydrogen-bond acceptors (Lipinski definition) is 5. The molecule has 1 saturated heterocycles. The summed E-state index contributed by atoms with van der Waals surface area (Å²) < 4.78 is 11.0. The van der Waals surface area contributed by atoms with Crippen molar-refractivity contribution in [1.29, 1.82) is 0 Å². The van der Waals surface area contributed by atoms with E-state index in [9.17, 15) is 9.59 Å². The summed E-state index contributed by atoms with van der Waals surface area (Å²) in [6.07, 6.45) is 1.64. The van der Waals surface area contributed by atoms with E-state index < -0.39 is 0 Å². The van der Waals surface area contributed by atoms with Gasteiger partial charge in [0.2, 0.25) is 0 Å². The van der Waals surface area contributed by atoms with Gasteiger partial charge in [0.25, 0.3) is 11.1 Å². The number of amides is 2. The lowest BCUT2D eigenvalue weighted by Crippen LogP contribution is -2.27. The van der Waals surface area contributed by atoms with E-state index in [0.29, 0.717) is 44.2 Å². The lowest BCUT2D eigenvalue weighted by Gasteiger charge is -2.14. The second-order valence-electron chi connectivity index (χ2n) is 5.82. The van der Waals surface area contributed by atoms with Gasteiger partial charge in [-0.15, -0.1) is 0 Å². The molecule has 0 atom stereocenters. The van der Waals surface area contributed by atoms with Crippen molar-refractivity contribution in [1.82, 2.24) is 4.90 Å². The highest BCUT2D eigenvalue weighted by Gasteiger charge is 2.35. The van der Waals surface area contributed by atoms with Crippen LogP contribution in [0.2, 0.25) is 10.0 Å². The fraction of sp³-hybridized carbons (Fsp3) is 0.200. The zero-order valence-electron chi connectivity index (χ0n) is 15.2. The van der Waals surface area contributed by atoms with E-state index in [1.807, 2.05) is 6.92 Å². The molecule has 146 valence electrons. The molecule has 0 aliphatic carbocycles. The highest BCUT2D eigenvalue weighted by molar-refractivity contribution is 8.18. The zero-order chi connectivity index (χ0) is 20.3. The molecule has 0 saturated carbocycles. The number of hydrogen-bond donors (Lipinski definition) is 0. The first-order chi connectivity index (χ1) is 13.4. The lowest BCUT2D eigenvalue weighted by molar-refractivity contribution is -0.123. The first kappa shape index (κ1) is 20.6. The molecular formula is C20H17Cl2NO4S. The summed E-state index contributed by atoms with van der Waals surface area (Å²) >= 11 is 13.0. The molecule has 5 nitrogen and oxygen atoms in total. The second-order valence-corrected chi connectivity index (χ2v) is 7.65. The molecule has 8 heteroatoms. The molecule has 0 unspecified atom stereocenters. The highest BCUT2D eigenvalue weighted by atomic mass is 35.5. The summed E-state index contributed by atoms with van der Waals surface area (Å²) in [5.41, 5.74) is 1.31. The van der Waals surface area contributed by atoms with Crippen LogP contribution in [0.5, 0.6) is 11.5 Å². The van der Waals surface area contributed by atoms with Gasteiger partial charge in [0.15, 0.2) is 11.5 Å². The number of carbonyl (C=O) groups excluding carboxylic acids is 2. The number of ether oxygens (including phenoxy) is 2. The summed E-state index contributed by atoms with van der Waals surface area (Å²) in [7, 11) is 1.55. The Bertz CT molecular complexity index is 961. The molecule has 0 spiro atoms. The molecule has 2 aromatic rings. The van der Waals surface area contributed by atoms with Crippen molar-refractivity contribution in [3.05, 3.63) is 62.5 Å². The summed E-state index contributed by atoms with van der Waals surface area (Å²) in [5.74, 6) is 0.703. The van der Waals surface area contributed by atoms with Gasteiger partial charge in [-0.1, -0.05) is 41.4 Å². The van der Waals surface area contributed by atoms with E-state index in [1.54, 1.807) is 49.6 Å². The fourth-order valence-corrected chi connectivity index (χ4v) is 4.00. The number of imide groups is 1.